The van der Waals surface area contributed by atoms with Gasteiger partial charge in [-0.15, -0.1) is 11.3 Å². The second-order valence-corrected chi connectivity index (χ2v) is 8.09. The maximum absolute atomic E-state index is 6.01. The second kappa shape index (κ2) is 7.63. The second-order valence-electron chi connectivity index (χ2n) is 5.37. The largest absolute Gasteiger partial charge is 0.369 e. The fourth-order valence-corrected chi connectivity index (χ4v) is 3.60. The molecular weight excluding hydrogens is 368 g/mol. The number of thiophene rings is 1. The molecule has 2 aromatic rings. The Morgan fingerprint density at radius 3 is 2.67 bits per heavy atom. The van der Waals surface area contributed by atoms with Gasteiger partial charge in [0.05, 0.1) is 10.9 Å². The van der Waals surface area contributed by atoms with Gasteiger partial charge >= 0.3 is 0 Å². The van der Waals surface area contributed by atoms with Crippen LogP contribution in [0.15, 0.2) is 34.8 Å². The third-order valence-electron chi connectivity index (χ3n) is 3.18. The Morgan fingerprint density at radius 1 is 1.29 bits per heavy atom. The van der Waals surface area contributed by atoms with Crippen LogP contribution in [-0.2, 0) is 13.1 Å². The van der Waals surface area contributed by atoms with Crippen molar-refractivity contribution in [3.8, 4) is 0 Å². The normalized spacial score (nSPS) is 11.1. The number of hydrogen-bond acceptors (Lipinski definition) is 3. The molecule has 114 valence electrons. The minimum atomic E-state index is 0.475. The van der Waals surface area contributed by atoms with E-state index in [1.807, 2.05) is 6.07 Å². The number of anilines is 1. The average Bonchev–Trinajstić information content (AvgIpc) is 2.82. The van der Waals surface area contributed by atoms with Crippen molar-refractivity contribution in [2.75, 3.05) is 11.9 Å². The molecule has 0 fully saturated rings. The molecule has 5 heteroatoms. The molecule has 0 aliphatic rings. The van der Waals surface area contributed by atoms with Crippen molar-refractivity contribution in [3.05, 3.63) is 49.6 Å². The fraction of sp³-hybridized carbons (Fsp3) is 0.375. The average molecular weight is 388 g/mol. The Labute approximate surface area is 144 Å². The van der Waals surface area contributed by atoms with Crippen LogP contribution in [0, 0.1) is 0 Å². The van der Waals surface area contributed by atoms with Crippen LogP contribution in [0.2, 0.25) is 4.34 Å². The molecular formula is C16H20BrClN2S. The lowest BCUT2D eigenvalue weighted by molar-refractivity contribution is 0.588. The number of halogens is 2. The van der Waals surface area contributed by atoms with E-state index in [1.165, 1.54) is 16.1 Å². The zero-order valence-corrected chi connectivity index (χ0v) is 15.6. The topological polar surface area (TPSA) is 15.3 Å². The Kier molecular flexibility index (Phi) is 6.11. The van der Waals surface area contributed by atoms with Crippen LogP contribution in [0.1, 0.15) is 24.3 Å². The predicted octanol–water partition coefficient (Wildman–Crippen LogP) is 5.30. The van der Waals surface area contributed by atoms with E-state index in [-0.39, 0.29) is 0 Å². The molecule has 0 aliphatic carbocycles. The third kappa shape index (κ3) is 4.99. The van der Waals surface area contributed by atoms with Crippen LogP contribution < -0.4 is 10.2 Å². The lowest BCUT2D eigenvalue weighted by Crippen LogP contribution is -2.24. The molecule has 0 saturated carbocycles. The Balaban J connectivity index is 2.17. The van der Waals surface area contributed by atoms with E-state index in [2.05, 4.69) is 71.3 Å². The first-order valence-corrected chi connectivity index (χ1v) is 8.91. The summed E-state index contributed by atoms with van der Waals surface area (Å²) in [7, 11) is 2.12. The molecule has 0 bridgehead atoms. The zero-order chi connectivity index (χ0) is 15.4. The molecule has 0 spiro atoms. The van der Waals surface area contributed by atoms with Crippen LogP contribution in [0.3, 0.4) is 0 Å². The van der Waals surface area contributed by atoms with Gasteiger partial charge in [-0.05, 0) is 29.8 Å². The number of hydrogen-bond donors (Lipinski definition) is 1. The van der Waals surface area contributed by atoms with Crippen molar-refractivity contribution in [1.82, 2.24) is 5.32 Å². The van der Waals surface area contributed by atoms with Crippen LogP contribution in [0.5, 0.6) is 0 Å². The van der Waals surface area contributed by atoms with Gasteiger partial charge in [0.1, 0.15) is 0 Å². The molecule has 2 rings (SSSR count). The maximum atomic E-state index is 6.01. The highest BCUT2D eigenvalue weighted by atomic mass is 79.9. The minimum Gasteiger partial charge on any atom is -0.369 e. The smallest absolute Gasteiger partial charge is 0.0931 e. The first-order chi connectivity index (χ1) is 9.95. The lowest BCUT2D eigenvalue weighted by Gasteiger charge is -2.23. The highest BCUT2D eigenvalue weighted by Gasteiger charge is 2.10. The van der Waals surface area contributed by atoms with Crippen molar-refractivity contribution < 1.29 is 0 Å². The summed E-state index contributed by atoms with van der Waals surface area (Å²) >= 11 is 11.2. The molecule has 0 radical (unpaired) electrons. The number of benzene rings is 1. The fourth-order valence-electron chi connectivity index (χ4n) is 2.11. The first kappa shape index (κ1) is 16.8. The summed E-state index contributed by atoms with van der Waals surface area (Å²) in [5.41, 5.74) is 2.54. The quantitative estimate of drug-likeness (QED) is 0.723. The van der Waals surface area contributed by atoms with Crippen molar-refractivity contribution in [2.45, 2.75) is 33.0 Å². The molecule has 2 nitrogen and oxygen atoms in total. The first-order valence-electron chi connectivity index (χ1n) is 6.93. The number of nitrogens with zero attached hydrogens (tertiary/aromatic N) is 1. The Morgan fingerprint density at radius 2 is 2.05 bits per heavy atom. The van der Waals surface area contributed by atoms with E-state index in [0.717, 1.165) is 21.9 Å². The van der Waals surface area contributed by atoms with Gasteiger partial charge in [0.2, 0.25) is 0 Å². The van der Waals surface area contributed by atoms with Gasteiger partial charge in [-0.2, -0.15) is 0 Å². The molecule has 0 aliphatic heterocycles. The van der Waals surface area contributed by atoms with E-state index in [4.69, 9.17) is 11.6 Å². The molecule has 0 atom stereocenters. The summed E-state index contributed by atoms with van der Waals surface area (Å²) in [4.78, 5) is 3.54. The summed E-state index contributed by atoms with van der Waals surface area (Å²) in [5.74, 6) is 0. The van der Waals surface area contributed by atoms with Crippen LogP contribution in [-0.4, -0.2) is 13.1 Å². The number of nitrogens with one attached hydrogen (secondary N) is 1. The van der Waals surface area contributed by atoms with E-state index in [0.29, 0.717) is 6.04 Å². The molecule has 1 aromatic carbocycles. The maximum Gasteiger partial charge on any atom is 0.0931 e. The zero-order valence-electron chi connectivity index (χ0n) is 12.5. The predicted molar refractivity (Wildman–Crippen MR) is 97.6 cm³/mol. The number of rotatable bonds is 6. The summed E-state index contributed by atoms with van der Waals surface area (Å²) < 4.78 is 1.94. The van der Waals surface area contributed by atoms with Gasteiger partial charge in [-0.3, -0.25) is 0 Å². The van der Waals surface area contributed by atoms with Gasteiger partial charge in [0.15, 0.2) is 0 Å². The molecule has 0 amide bonds. The van der Waals surface area contributed by atoms with Gasteiger partial charge < -0.3 is 10.2 Å². The molecule has 0 saturated heterocycles. The summed E-state index contributed by atoms with van der Waals surface area (Å²) in [6, 6.07) is 11.0. The van der Waals surface area contributed by atoms with E-state index in [1.54, 1.807) is 11.3 Å². The minimum absolute atomic E-state index is 0.475. The van der Waals surface area contributed by atoms with Gasteiger partial charge in [-0.25, -0.2) is 0 Å². The molecule has 1 aromatic heterocycles. The standard InChI is InChI=1S/C16H20BrClN2S/c1-11(2)19-9-12-4-5-13(17)8-15(12)20(3)10-14-6-7-16(18)21-14/h4-8,11,19H,9-10H2,1-3H3. The van der Waals surface area contributed by atoms with Crippen LogP contribution in [0.25, 0.3) is 0 Å². The SMILES string of the molecule is CC(C)NCc1ccc(Br)cc1N(C)Cc1ccc(Cl)s1. The van der Waals surface area contributed by atoms with Gasteiger partial charge in [-0.1, -0.05) is 47.4 Å². The van der Waals surface area contributed by atoms with E-state index >= 15 is 0 Å². The Bertz CT molecular complexity index is 598. The van der Waals surface area contributed by atoms with Crippen molar-refractivity contribution >= 4 is 44.6 Å². The summed E-state index contributed by atoms with van der Waals surface area (Å²) in [6.45, 7) is 6.06. The van der Waals surface area contributed by atoms with Gasteiger partial charge in [0, 0.05) is 34.7 Å². The molecule has 0 unspecified atom stereocenters. The molecule has 21 heavy (non-hydrogen) atoms. The summed E-state index contributed by atoms with van der Waals surface area (Å²) in [6.07, 6.45) is 0. The van der Waals surface area contributed by atoms with E-state index < -0.39 is 0 Å². The highest BCUT2D eigenvalue weighted by molar-refractivity contribution is 9.10. The molecule has 1 N–H and O–H groups in total. The summed E-state index contributed by atoms with van der Waals surface area (Å²) in [5, 5.41) is 3.48. The van der Waals surface area contributed by atoms with Crippen molar-refractivity contribution in [3.63, 3.8) is 0 Å². The highest BCUT2D eigenvalue weighted by Crippen LogP contribution is 2.28. The van der Waals surface area contributed by atoms with Crippen molar-refractivity contribution in [1.29, 1.82) is 0 Å². The third-order valence-corrected chi connectivity index (χ3v) is 4.89. The van der Waals surface area contributed by atoms with Crippen LogP contribution >= 0.6 is 38.9 Å². The lowest BCUT2D eigenvalue weighted by atomic mass is 10.1. The Hall–Kier alpha value is -0.550. The van der Waals surface area contributed by atoms with E-state index in [9.17, 15) is 0 Å². The van der Waals surface area contributed by atoms with Crippen LogP contribution in [0.4, 0.5) is 5.69 Å². The van der Waals surface area contributed by atoms with Gasteiger partial charge in [0.25, 0.3) is 0 Å². The van der Waals surface area contributed by atoms with Crippen molar-refractivity contribution in [2.24, 2.45) is 0 Å². The monoisotopic (exact) mass is 386 g/mol. The molecule has 1 heterocycles.